The van der Waals surface area contributed by atoms with Gasteiger partial charge >= 0.3 is 23.9 Å². The van der Waals surface area contributed by atoms with E-state index in [0.29, 0.717) is 0 Å². The molecule has 0 saturated heterocycles. The average molecular weight is 316 g/mol. The average Bonchev–Trinajstić information content (AvgIpc) is 2.57. The molecule has 0 fully saturated rings. The van der Waals surface area contributed by atoms with Gasteiger partial charge in [0, 0.05) is 0 Å². The van der Waals surface area contributed by atoms with Gasteiger partial charge in [0.25, 0.3) is 0 Å². The number of esters is 4. The first-order valence-electron chi connectivity index (χ1n) is 6.07. The van der Waals surface area contributed by atoms with Crippen molar-refractivity contribution in [1.82, 2.24) is 5.43 Å². The third kappa shape index (κ3) is 3.15. The molecular formula is C12H16N2O8. The summed E-state index contributed by atoms with van der Waals surface area (Å²) in [5, 5.41) is 3.65. The van der Waals surface area contributed by atoms with Gasteiger partial charge in [0.05, 0.1) is 28.4 Å². The Bertz CT molecular complexity index is 515. The van der Waals surface area contributed by atoms with Gasteiger partial charge in [0.1, 0.15) is 11.8 Å². The summed E-state index contributed by atoms with van der Waals surface area (Å²) in [5.74, 6) is -6.49. The lowest BCUT2D eigenvalue weighted by Gasteiger charge is -2.32. The van der Waals surface area contributed by atoms with Crippen molar-refractivity contribution in [2.45, 2.75) is 6.04 Å². The number of hydrogen-bond donors (Lipinski definition) is 1. The van der Waals surface area contributed by atoms with Gasteiger partial charge in [-0.1, -0.05) is 0 Å². The highest BCUT2D eigenvalue weighted by molar-refractivity contribution is 6.41. The Morgan fingerprint density at radius 3 is 1.86 bits per heavy atom. The first-order valence-corrected chi connectivity index (χ1v) is 6.07. The fourth-order valence-electron chi connectivity index (χ4n) is 2.05. The van der Waals surface area contributed by atoms with E-state index in [9.17, 15) is 19.2 Å². The van der Waals surface area contributed by atoms with Crippen molar-refractivity contribution in [3.05, 3.63) is 0 Å². The SMILES string of the molecule is COC(=O)C1=NN[C@H](C(=O)OC)[C@@H](C(=O)OC)[C@@H]1C(=O)OC. The molecule has 0 amide bonds. The number of carbonyl (C=O) groups is 4. The molecule has 0 radical (unpaired) electrons. The standard InChI is InChI=1S/C12H16N2O8/c1-19-9(15)5-6(10(16)20-2)8(12(18)22-4)14-13-7(5)11(17)21-3/h5-7,13H,1-4H3/t5-,6-,7-/m0/s1. The lowest BCUT2D eigenvalue weighted by molar-refractivity contribution is -0.162. The molecule has 0 aromatic carbocycles. The van der Waals surface area contributed by atoms with Crippen molar-refractivity contribution in [3.8, 4) is 0 Å². The van der Waals surface area contributed by atoms with Crippen molar-refractivity contribution in [2.75, 3.05) is 28.4 Å². The van der Waals surface area contributed by atoms with E-state index in [4.69, 9.17) is 0 Å². The zero-order chi connectivity index (χ0) is 16.9. The molecule has 0 spiro atoms. The largest absolute Gasteiger partial charge is 0.469 e. The first-order chi connectivity index (χ1) is 10.4. The predicted octanol–water partition coefficient (Wildman–Crippen LogP) is -1.76. The Morgan fingerprint density at radius 2 is 1.41 bits per heavy atom. The first kappa shape index (κ1) is 17.4. The summed E-state index contributed by atoms with van der Waals surface area (Å²) < 4.78 is 18.2. The summed E-state index contributed by atoms with van der Waals surface area (Å²) in [6.07, 6.45) is 0. The minimum atomic E-state index is -1.46. The van der Waals surface area contributed by atoms with E-state index in [-0.39, 0.29) is 0 Å². The van der Waals surface area contributed by atoms with Gasteiger partial charge in [-0.3, -0.25) is 15.0 Å². The maximum atomic E-state index is 12.0. The number of carbonyl (C=O) groups excluding carboxylic acids is 4. The predicted molar refractivity (Wildman–Crippen MR) is 69.4 cm³/mol. The van der Waals surface area contributed by atoms with Crippen molar-refractivity contribution >= 4 is 29.6 Å². The summed E-state index contributed by atoms with van der Waals surface area (Å²) in [6.45, 7) is 0. The summed E-state index contributed by atoms with van der Waals surface area (Å²) in [4.78, 5) is 47.5. The lowest BCUT2D eigenvalue weighted by Crippen LogP contribution is -2.57. The zero-order valence-corrected chi connectivity index (χ0v) is 12.4. The summed E-state index contributed by atoms with van der Waals surface area (Å²) in [5.41, 5.74) is 1.92. The molecule has 0 aliphatic carbocycles. The Labute approximate surface area is 125 Å². The highest BCUT2D eigenvalue weighted by Crippen LogP contribution is 2.26. The monoisotopic (exact) mass is 316 g/mol. The second kappa shape index (κ2) is 7.38. The maximum Gasteiger partial charge on any atom is 0.355 e. The number of hydrogen-bond acceptors (Lipinski definition) is 10. The molecule has 0 saturated carbocycles. The third-order valence-electron chi connectivity index (χ3n) is 3.12. The van der Waals surface area contributed by atoms with Crippen molar-refractivity contribution in [1.29, 1.82) is 0 Å². The van der Waals surface area contributed by atoms with Crippen LogP contribution in [-0.2, 0) is 38.1 Å². The Balaban J connectivity index is 3.38. The van der Waals surface area contributed by atoms with E-state index in [2.05, 4.69) is 29.5 Å². The highest BCUT2D eigenvalue weighted by atomic mass is 16.5. The molecule has 22 heavy (non-hydrogen) atoms. The molecule has 122 valence electrons. The minimum absolute atomic E-state index is 0.398. The van der Waals surface area contributed by atoms with Crippen LogP contribution >= 0.6 is 0 Å². The summed E-state index contributed by atoms with van der Waals surface area (Å²) >= 11 is 0. The van der Waals surface area contributed by atoms with E-state index >= 15 is 0 Å². The van der Waals surface area contributed by atoms with Crippen LogP contribution in [0.15, 0.2) is 5.10 Å². The smallest absolute Gasteiger partial charge is 0.355 e. The molecule has 1 N–H and O–H groups in total. The molecule has 10 nitrogen and oxygen atoms in total. The van der Waals surface area contributed by atoms with Gasteiger partial charge in [-0.25, -0.2) is 9.59 Å². The van der Waals surface area contributed by atoms with Crippen LogP contribution < -0.4 is 5.43 Å². The summed E-state index contributed by atoms with van der Waals surface area (Å²) in [7, 11) is 4.33. The number of ether oxygens (including phenoxy) is 4. The number of methoxy groups -OCH3 is 4. The molecule has 0 unspecified atom stereocenters. The second-order valence-electron chi connectivity index (χ2n) is 4.17. The zero-order valence-electron chi connectivity index (χ0n) is 12.4. The Morgan fingerprint density at radius 1 is 0.864 bits per heavy atom. The number of hydrazone groups is 1. The number of nitrogens with one attached hydrogen (secondary N) is 1. The van der Waals surface area contributed by atoms with Crippen molar-refractivity contribution in [3.63, 3.8) is 0 Å². The van der Waals surface area contributed by atoms with Crippen LogP contribution in [0, 0.1) is 11.8 Å². The molecule has 1 aliphatic rings. The molecule has 0 aromatic rings. The van der Waals surface area contributed by atoms with Crippen molar-refractivity contribution in [2.24, 2.45) is 16.9 Å². The van der Waals surface area contributed by atoms with E-state index in [0.717, 1.165) is 28.4 Å². The fraction of sp³-hybridized carbons (Fsp3) is 0.583. The Kier molecular flexibility index (Phi) is 5.84. The van der Waals surface area contributed by atoms with Crippen molar-refractivity contribution < 1.29 is 38.1 Å². The summed E-state index contributed by atoms with van der Waals surface area (Å²) in [6, 6.07) is -1.31. The van der Waals surface area contributed by atoms with Crippen LogP contribution in [0.5, 0.6) is 0 Å². The van der Waals surface area contributed by atoms with Gasteiger partial charge < -0.3 is 18.9 Å². The van der Waals surface area contributed by atoms with Crippen LogP contribution in [0.3, 0.4) is 0 Å². The van der Waals surface area contributed by atoms with Crippen LogP contribution in [0.2, 0.25) is 0 Å². The van der Waals surface area contributed by atoms with Crippen LogP contribution in [0.1, 0.15) is 0 Å². The highest BCUT2D eigenvalue weighted by Gasteiger charge is 2.52. The molecule has 3 atom stereocenters. The van der Waals surface area contributed by atoms with E-state index in [1.165, 1.54) is 0 Å². The molecule has 1 aliphatic heterocycles. The van der Waals surface area contributed by atoms with E-state index in [1.807, 2.05) is 0 Å². The molecule has 0 bridgehead atoms. The molecular weight excluding hydrogens is 300 g/mol. The number of nitrogens with zero attached hydrogens (tertiary/aromatic N) is 1. The number of rotatable bonds is 4. The minimum Gasteiger partial charge on any atom is -0.469 e. The molecule has 1 rings (SSSR count). The molecule has 10 heteroatoms. The fourth-order valence-corrected chi connectivity index (χ4v) is 2.05. The van der Waals surface area contributed by atoms with Crippen LogP contribution in [0.25, 0.3) is 0 Å². The van der Waals surface area contributed by atoms with Gasteiger partial charge in [0.2, 0.25) is 0 Å². The van der Waals surface area contributed by atoms with Gasteiger partial charge in [-0.15, -0.1) is 0 Å². The topological polar surface area (TPSA) is 130 Å². The Hall–Kier alpha value is -2.65. The quantitative estimate of drug-likeness (QED) is 0.473. The van der Waals surface area contributed by atoms with E-state index in [1.54, 1.807) is 0 Å². The van der Waals surface area contributed by atoms with Crippen LogP contribution in [0.4, 0.5) is 0 Å². The normalized spacial score (nSPS) is 23.5. The molecule has 1 heterocycles. The molecule has 0 aromatic heterocycles. The van der Waals surface area contributed by atoms with Gasteiger partial charge in [-0.05, 0) is 0 Å². The van der Waals surface area contributed by atoms with Gasteiger partial charge in [-0.2, -0.15) is 5.10 Å². The van der Waals surface area contributed by atoms with Crippen LogP contribution in [-0.4, -0.2) is 64.1 Å². The second-order valence-corrected chi connectivity index (χ2v) is 4.17. The maximum absolute atomic E-state index is 12.0. The van der Waals surface area contributed by atoms with E-state index < -0.39 is 47.5 Å². The lowest BCUT2D eigenvalue weighted by atomic mass is 9.81. The third-order valence-corrected chi connectivity index (χ3v) is 3.12. The van der Waals surface area contributed by atoms with Gasteiger partial charge in [0.15, 0.2) is 11.8 Å².